The Morgan fingerprint density at radius 3 is 2.69 bits per heavy atom. The molecule has 0 bridgehead atoms. The Bertz CT molecular complexity index is 1090. The summed E-state index contributed by atoms with van der Waals surface area (Å²) < 4.78 is 43.5. The van der Waals surface area contributed by atoms with Gasteiger partial charge in [0.1, 0.15) is 18.9 Å². The summed E-state index contributed by atoms with van der Waals surface area (Å²) in [5.74, 6) is -0.959. The lowest BCUT2D eigenvalue weighted by atomic mass is 10.3. The van der Waals surface area contributed by atoms with Crippen LogP contribution >= 0.6 is 0 Å². The van der Waals surface area contributed by atoms with Gasteiger partial charge in [-0.15, -0.1) is 0 Å². The van der Waals surface area contributed by atoms with E-state index in [9.17, 15) is 22.8 Å². The number of carbonyl (C=O) groups is 2. The van der Waals surface area contributed by atoms with Gasteiger partial charge in [-0.05, 0) is 31.5 Å². The molecule has 0 saturated carbocycles. The molecule has 2 N–H and O–H groups in total. The van der Waals surface area contributed by atoms with Crippen LogP contribution in [0.1, 0.15) is 41.6 Å². The van der Waals surface area contributed by atoms with Gasteiger partial charge in [0.2, 0.25) is 5.91 Å². The van der Waals surface area contributed by atoms with E-state index in [0.29, 0.717) is 22.6 Å². The molecule has 172 valence electrons. The summed E-state index contributed by atoms with van der Waals surface area (Å²) in [5, 5.41) is 13.6. The average molecular weight is 453 g/mol. The Kier molecular flexibility index (Phi) is 7.08. The molecule has 0 fully saturated rings. The number of nitrogens with one attached hydrogen (secondary N) is 2. The number of nitrogens with zero attached hydrogens (tertiary/aromatic N) is 5. The normalized spacial score (nSPS) is 11.8. The van der Waals surface area contributed by atoms with Crippen molar-refractivity contribution in [3.05, 3.63) is 47.7 Å². The molecule has 13 heteroatoms. The van der Waals surface area contributed by atoms with E-state index in [0.717, 1.165) is 0 Å². The number of ether oxygens (including phenoxy) is 1. The van der Waals surface area contributed by atoms with Crippen LogP contribution in [-0.2, 0) is 22.6 Å². The molecule has 3 rings (SSSR count). The van der Waals surface area contributed by atoms with Crippen LogP contribution in [-0.4, -0.2) is 55.6 Å². The van der Waals surface area contributed by atoms with Gasteiger partial charge >= 0.3 is 6.18 Å². The largest absolute Gasteiger partial charge is 0.411 e. The van der Waals surface area contributed by atoms with Crippen molar-refractivity contribution in [1.29, 1.82) is 0 Å². The molecule has 0 spiro atoms. The van der Waals surface area contributed by atoms with Crippen molar-refractivity contribution >= 4 is 17.5 Å². The van der Waals surface area contributed by atoms with Gasteiger partial charge in [-0.2, -0.15) is 23.4 Å². The number of rotatable bonds is 9. The summed E-state index contributed by atoms with van der Waals surface area (Å²) in [5.41, 5.74) is 2.10. The molecule has 0 saturated heterocycles. The van der Waals surface area contributed by atoms with E-state index in [4.69, 9.17) is 0 Å². The van der Waals surface area contributed by atoms with E-state index in [1.54, 1.807) is 29.2 Å². The van der Waals surface area contributed by atoms with Crippen LogP contribution in [0.3, 0.4) is 0 Å². The van der Waals surface area contributed by atoms with Crippen LogP contribution in [0, 0.1) is 0 Å². The first-order valence-electron chi connectivity index (χ1n) is 9.68. The molecule has 10 nitrogen and oxygen atoms in total. The van der Waals surface area contributed by atoms with Gasteiger partial charge in [0, 0.05) is 18.8 Å². The first-order chi connectivity index (χ1) is 15.1. The minimum absolute atomic E-state index is 0.0419. The molecule has 32 heavy (non-hydrogen) atoms. The fourth-order valence-electron chi connectivity index (χ4n) is 2.82. The average Bonchev–Trinajstić information content (AvgIpc) is 3.36. The second-order valence-electron chi connectivity index (χ2n) is 7.22. The molecule has 0 atom stereocenters. The second kappa shape index (κ2) is 9.77. The number of halogens is 3. The lowest BCUT2D eigenvalue weighted by Crippen LogP contribution is -2.29. The van der Waals surface area contributed by atoms with Crippen molar-refractivity contribution in [2.24, 2.45) is 0 Å². The topological polar surface area (TPSA) is 115 Å². The van der Waals surface area contributed by atoms with Crippen molar-refractivity contribution in [2.75, 3.05) is 13.2 Å². The maximum atomic E-state index is 12.4. The van der Waals surface area contributed by atoms with Crippen LogP contribution in [0.2, 0.25) is 0 Å². The number of alkyl halides is 3. The highest BCUT2D eigenvalue weighted by Crippen LogP contribution is 2.14. The van der Waals surface area contributed by atoms with Crippen molar-refractivity contribution in [2.45, 2.75) is 39.2 Å². The Labute approximate surface area is 180 Å². The highest BCUT2D eigenvalue weighted by Gasteiger charge is 2.27. The van der Waals surface area contributed by atoms with Crippen LogP contribution in [0.15, 0.2) is 30.7 Å². The number of amides is 2. The summed E-state index contributed by atoms with van der Waals surface area (Å²) in [6.07, 6.45) is 0.229. The van der Waals surface area contributed by atoms with Gasteiger partial charge in [0.15, 0.2) is 5.65 Å². The van der Waals surface area contributed by atoms with Gasteiger partial charge in [0.05, 0.1) is 24.6 Å². The number of carbonyl (C=O) groups excluding carboxylic acids is 2. The Balaban J connectivity index is 1.54. The molecule has 0 aliphatic heterocycles. The molecular weight excluding hydrogens is 431 g/mol. The molecule has 0 aliphatic carbocycles. The monoisotopic (exact) mass is 453 g/mol. The Morgan fingerprint density at radius 2 is 1.97 bits per heavy atom. The molecule has 0 aromatic carbocycles. The van der Waals surface area contributed by atoms with E-state index in [-0.39, 0.29) is 25.0 Å². The van der Waals surface area contributed by atoms with Gasteiger partial charge in [-0.1, -0.05) is 0 Å². The van der Waals surface area contributed by atoms with E-state index in [1.807, 2.05) is 13.8 Å². The first kappa shape index (κ1) is 23.2. The molecule has 2 amide bonds. The van der Waals surface area contributed by atoms with Crippen molar-refractivity contribution < 1.29 is 27.5 Å². The molecule has 3 aromatic heterocycles. The molecule has 3 heterocycles. The second-order valence-corrected chi connectivity index (χ2v) is 7.22. The third kappa shape index (κ3) is 6.26. The fraction of sp³-hybridized carbons (Fsp3) is 0.421. The molecule has 0 aliphatic rings. The molecule has 0 unspecified atom stereocenters. The summed E-state index contributed by atoms with van der Waals surface area (Å²) in [6.45, 7) is 1.89. The fourth-order valence-corrected chi connectivity index (χ4v) is 2.82. The van der Waals surface area contributed by atoms with E-state index in [2.05, 4.69) is 30.6 Å². The number of imidazole rings is 1. The number of hydrogen-bond acceptors (Lipinski definition) is 6. The highest BCUT2D eigenvalue weighted by atomic mass is 19.4. The molecule has 0 radical (unpaired) electrons. The number of hydrogen-bond donors (Lipinski definition) is 2. The maximum Gasteiger partial charge on any atom is 0.411 e. The predicted molar refractivity (Wildman–Crippen MR) is 105 cm³/mol. The Hall–Kier alpha value is -3.48. The smallest absolute Gasteiger partial charge is 0.362 e. The number of fused-ring (bicyclic) bond motifs is 1. The zero-order valence-corrected chi connectivity index (χ0v) is 17.4. The first-order valence-corrected chi connectivity index (χ1v) is 9.68. The van der Waals surface area contributed by atoms with Crippen LogP contribution < -0.4 is 10.6 Å². The van der Waals surface area contributed by atoms with E-state index >= 15 is 0 Å². The third-order valence-corrected chi connectivity index (χ3v) is 4.24. The summed E-state index contributed by atoms with van der Waals surface area (Å²) >= 11 is 0. The maximum absolute atomic E-state index is 12.4. The van der Waals surface area contributed by atoms with E-state index < -0.39 is 25.3 Å². The highest BCUT2D eigenvalue weighted by molar-refractivity contribution is 5.92. The van der Waals surface area contributed by atoms with Crippen LogP contribution in [0.4, 0.5) is 13.2 Å². The third-order valence-electron chi connectivity index (χ3n) is 4.24. The van der Waals surface area contributed by atoms with Gasteiger partial charge in [-0.25, -0.2) is 9.50 Å². The lowest BCUT2D eigenvalue weighted by molar-refractivity contribution is -0.175. The van der Waals surface area contributed by atoms with E-state index in [1.165, 1.54) is 10.7 Å². The zero-order valence-electron chi connectivity index (χ0n) is 17.4. The van der Waals surface area contributed by atoms with Gasteiger partial charge in [-0.3, -0.25) is 14.3 Å². The standard InChI is InChI=1S/C19H22F3N7O3/c1-12(2)29-15(3-4-25-29)18(31)24-8-14-9-28-16(27-14)5-13(7-26-28)6-23-17(30)10-32-11-19(20,21)22/h3-5,7,9,12H,6,8,10-11H2,1-2H3,(H,23,30)(H,24,31). The van der Waals surface area contributed by atoms with Gasteiger partial charge in [0.25, 0.3) is 5.91 Å². The minimum atomic E-state index is -4.48. The lowest BCUT2D eigenvalue weighted by Gasteiger charge is -2.10. The molecular formula is C19H22F3N7O3. The summed E-state index contributed by atoms with van der Waals surface area (Å²) in [7, 11) is 0. The minimum Gasteiger partial charge on any atom is -0.362 e. The Morgan fingerprint density at radius 1 is 1.19 bits per heavy atom. The summed E-state index contributed by atoms with van der Waals surface area (Å²) in [4.78, 5) is 28.4. The van der Waals surface area contributed by atoms with Gasteiger partial charge < -0.3 is 15.4 Å². The predicted octanol–water partition coefficient (Wildman–Crippen LogP) is 1.63. The van der Waals surface area contributed by atoms with Crippen molar-refractivity contribution in [3.63, 3.8) is 0 Å². The van der Waals surface area contributed by atoms with Crippen molar-refractivity contribution in [1.82, 2.24) is 35.0 Å². The SMILES string of the molecule is CC(C)n1nccc1C(=O)NCc1cn2ncc(CNC(=O)COCC(F)(F)F)cc2n1. The quantitative estimate of drug-likeness (QED) is 0.509. The zero-order chi connectivity index (χ0) is 23.3. The summed E-state index contributed by atoms with van der Waals surface area (Å²) in [6, 6.07) is 3.35. The van der Waals surface area contributed by atoms with Crippen LogP contribution in [0.5, 0.6) is 0 Å². The van der Waals surface area contributed by atoms with Crippen LogP contribution in [0.25, 0.3) is 5.65 Å². The van der Waals surface area contributed by atoms with Crippen molar-refractivity contribution in [3.8, 4) is 0 Å². The number of aromatic nitrogens is 5. The molecule has 3 aromatic rings.